The first-order valence-electron chi connectivity index (χ1n) is 4.60. The van der Waals surface area contributed by atoms with Crippen molar-refractivity contribution in [3.8, 4) is 0 Å². The number of halogens is 1. The van der Waals surface area contributed by atoms with Crippen LogP contribution in [0.3, 0.4) is 0 Å². The zero-order chi connectivity index (χ0) is 9.31. The Bertz CT molecular complexity index is 305. The minimum Gasteiger partial charge on any atom is -0.396 e. The molecule has 1 aliphatic carbocycles. The monoisotopic (exact) mass is 240 g/mol. The van der Waals surface area contributed by atoms with E-state index >= 15 is 0 Å². The van der Waals surface area contributed by atoms with E-state index in [1.165, 1.54) is 18.4 Å². The molecule has 13 heavy (non-hydrogen) atoms. The zero-order valence-electron chi connectivity index (χ0n) is 7.46. The summed E-state index contributed by atoms with van der Waals surface area (Å²) in [7, 11) is 0. The van der Waals surface area contributed by atoms with Gasteiger partial charge in [0.1, 0.15) is 0 Å². The van der Waals surface area contributed by atoms with Crippen molar-refractivity contribution in [1.82, 2.24) is 0 Å². The Morgan fingerprint density at radius 1 is 1.31 bits per heavy atom. The molecule has 0 atom stereocenters. The fourth-order valence-corrected chi connectivity index (χ4v) is 2.04. The molecule has 0 heterocycles. The van der Waals surface area contributed by atoms with Gasteiger partial charge in [-0.15, -0.1) is 0 Å². The van der Waals surface area contributed by atoms with Crippen LogP contribution in [0.25, 0.3) is 0 Å². The molecule has 1 aliphatic rings. The van der Waals surface area contributed by atoms with Gasteiger partial charge in [0.05, 0.1) is 0 Å². The average Bonchev–Trinajstić information content (AvgIpc) is 2.90. The third-order valence-corrected chi connectivity index (χ3v) is 3.59. The number of aliphatic hydroxyl groups excluding tert-OH is 1. The Morgan fingerprint density at radius 2 is 2.00 bits per heavy atom. The summed E-state index contributed by atoms with van der Waals surface area (Å²) in [5.41, 5.74) is 1.53. The van der Waals surface area contributed by atoms with Crippen molar-refractivity contribution in [3.05, 3.63) is 34.3 Å². The lowest BCUT2D eigenvalue weighted by atomic mass is 9.98. The number of rotatable bonds is 3. The van der Waals surface area contributed by atoms with Gasteiger partial charge in [0.25, 0.3) is 0 Å². The van der Waals surface area contributed by atoms with Crippen LogP contribution in [-0.2, 0) is 6.42 Å². The largest absolute Gasteiger partial charge is 0.396 e. The van der Waals surface area contributed by atoms with Gasteiger partial charge in [-0.05, 0) is 36.3 Å². The quantitative estimate of drug-likeness (QED) is 0.862. The maximum Gasteiger partial charge on any atom is 0.0490 e. The predicted octanol–water partition coefficient (Wildman–Crippen LogP) is 2.76. The summed E-state index contributed by atoms with van der Waals surface area (Å²) >= 11 is 3.52. The van der Waals surface area contributed by atoms with Crippen molar-refractivity contribution in [3.63, 3.8) is 0 Å². The van der Waals surface area contributed by atoms with Gasteiger partial charge in [0, 0.05) is 11.1 Å². The molecular formula is C11H13BrO. The molecule has 0 amide bonds. The highest BCUT2D eigenvalue weighted by Crippen LogP contribution is 2.48. The molecule has 1 aromatic carbocycles. The highest BCUT2D eigenvalue weighted by Gasteiger charge is 2.41. The first-order valence-corrected chi connectivity index (χ1v) is 5.39. The molecule has 0 aromatic heterocycles. The molecule has 0 radical (unpaired) electrons. The zero-order valence-corrected chi connectivity index (χ0v) is 9.05. The van der Waals surface area contributed by atoms with Gasteiger partial charge < -0.3 is 5.11 Å². The van der Waals surface area contributed by atoms with Crippen molar-refractivity contribution in [2.75, 3.05) is 6.61 Å². The van der Waals surface area contributed by atoms with Crippen LogP contribution in [0, 0.1) is 5.41 Å². The molecule has 0 bridgehead atoms. The second-order valence-electron chi connectivity index (χ2n) is 3.93. The van der Waals surface area contributed by atoms with Crippen LogP contribution in [0.15, 0.2) is 28.7 Å². The van der Waals surface area contributed by atoms with Gasteiger partial charge in [0.15, 0.2) is 0 Å². The van der Waals surface area contributed by atoms with E-state index in [9.17, 15) is 5.11 Å². The van der Waals surface area contributed by atoms with Crippen molar-refractivity contribution >= 4 is 15.9 Å². The minimum absolute atomic E-state index is 0.212. The Balaban J connectivity index is 2.14. The van der Waals surface area contributed by atoms with Gasteiger partial charge in [-0.3, -0.25) is 0 Å². The van der Waals surface area contributed by atoms with E-state index in [2.05, 4.69) is 28.1 Å². The summed E-state index contributed by atoms with van der Waals surface area (Å²) in [6.07, 6.45) is 3.35. The number of hydrogen-bond donors (Lipinski definition) is 1. The molecule has 2 rings (SSSR count). The second-order valence-corrected chi connectivity index (χ2v) is 4.78. The van der Waals surface area contributed by atoms with Gasteiger partial charge in [0.2, 0.25) is 0 Å². The van der Waals surface area contributed by atoms with Crippen molar-refractivity contribution in [1.29, 1.82) is 0 Å². The van der Waals surface area contributed by atoms with Crippen molar-refractivity contribution < 1.29 is 5.11 Å². The molecule has 0 aliphatic heterocycles. The molecule has 0 unspecified atom stereocenters. The van der Waals surface area contributed by atoms with E-state index in [0.29, 0.717) is 6.61 Å². The molecule has 1 nitrogen and oxygen atoms in total. The van der Waals surface area contributed by atoms with E-state index in [0.717, 1.165) is 10.9 Å². The lowest BCUT2D eigenvalue weighted by molar-refractivity contribution is 0.211. The second kappa shape index (κ2) is 3.43. The maximum absolute atomic E-state index is 9.19. The fourth-order valence-electron chi connectivity index (χ4n) is 1.61. The summed E-state index contributed by atoms with van der Waals surface area (Å²) < 4.78 is 1.16. The predicted molar refractivity (Wildman–Crippen MR) is 56.6 cm³/mol. The van der Waals surface area contributed by atoms with Crippen LogP contribution in [-0.4, -0.2) is 11.7 Å². The Morgan fingerprint density at radius 3 is 2.54 bits per heavy atom. The molecular weight excluding hydrogens is 228 g/mol. The van der Waals surface area contributed by atoms with Crippen LogP contribution < -0.4 is 0 Å². The molecule has 1 saturated carbocycles. The van der Waals surface area contributed by atoms with Gasteiger partial charge in [-0.2, -0.15) is 0 Å². The molecule has 1 N–H and O–H groups in total. The molecule has 1 aromatic rings. The lowest BCUT2D eigenvalue weighted by Crippen LogP contribution is -2.10. The summed E-state index contributed by atoms with van der Waals surface area (Å²) in [6.45, 7) is 0.328. The van der Waals surface area contributed by atoms with Crippen LogP contribution >= 0.6 is 15.9 Å². The first-order chi connectivity index (χ1) is 6.26. The van der Waals surface area contributed by atoms with E-state index in [1.54, 1.807) is 0 Å². The number of hydrogen-bond acceptors (Lipinski definition) is 1. The highest BCUT2D eigenvalue weighted by molar-refractivity contribution is 9.10. The summed E-state index contributed by atoms with van der Waals surface area (Å²) in [6, 6.07) is 8.25. The third-order valence-electron chi connectivity index (χ3n) is 2.82. The number of aliphatic hydroxyl groups is 1. The van der Waals surface area contributed by atoms with E-state index in [4.69, 9.17) is 0 Å². The standard InChI is InChI=1S/C11H13BrO/c12-10-4-2-1-3-9(10)7-11(8-13)5-6-11/h1-4,13H,5-8H2. The summed E-state index contributed by atoms with van der Waals surface area (Å²) in [4.78, 5) is 0. The first kappa shape index (κ1) is 9.22. The van der Waals surface area contributed by atoms with Crippen LogP contribution in [0.5, 0.6) is 0 Å². The maximum atomic E-state index is 9.19. The van der Waals surface area contributed by atoms with E-state index in [-0.39, 0.29) is 5.41 Å². The molecule has 0 saturated heterocycles. The third kappa shape index (κ3) is 1.94. The highest BCUT2D eigenvalue weighted by atomic mass is 79.9. The number of benzene rings is 1. The van der Waals surface area contributed by atoms with Gasteiger partial charge in [-0.25, -0.2) is 0 Å². The Kier molecular flexibility index (Phi) is 2.43. The van der Waals surface area contributed by atoms with Crippen LogP contribution in [0.4, 0.5) is 0 Å². The van der Waals surface area contributed by atoms with Gasteiger partial charge in [-0.1, -0.05) is 34.1 Å². The van der Waals surface area contributed by atoms with Gasteiger partial charge >= 0.3 is 0 Å². The van der Waals surface area contributed by atoms with E-state index < -0.39 is 0 Å². The minimum atomic E-state index is 0.212. The fraction of sp³-hybridized carbons (Fsp3) is 0.455. The molecule has 2 heteroatoms. The van der Waals surface area contributed by atoms with Crippen molar-refractivity contribution in [2.45, 2.75) is 19.3 Å². The normalized spacial score (nSPS) is 18.6. The van der Waals surface area contributed by atoms with Crippen LogP contribution in [0.2, 0.25) is 0 Å². The average molecular weight is 241 g/mol. The molecule has 1 fully saturated rings. The van der Waals surface area contributed by atoms with E-state index in [1.807, 2.05) is 12.1 Å². The Labute approximate surface area is 86.9 Å². The summed E-state index contributed by atoms with van der Waals surface area (Å²) in [5, 5.41) is 9.19. The Hall–Kier alpha value is -0.340. The van der Waals surface area contributed by atoms with Crippen LogP contribution in [0.1, 0.15) is 18.4 Å². The van der Waals surface area contributed by atoms with Crippen molar-refractivity contribution in [2.24, 2.45) is 5.41 Å². The summed E-state index contributed by atoms with van der Waals surface area (Å²) in [5.74, 6) is 0. The molecule has 0 spiro atoms. The smallest absolute Gasteiger partial charge is 0.0490 e. The topological polar surface area (TPSA) is 20.2 Å². The lowest BCUT2D eigenvalue weighted by Gasteiger charge is -2.12. The molecule has 70 valence electrons. The SMILES string of the molecule is OCC1(Cc2ccccc2Br)CC1.